The van der Waals surface area contributed by atoms with E-state index in [0.29, 0.717) is 0 Å². The summed E-state index contributed by atoms with van der Waals surface area (Å²) < 4.78 is 5.78. The summed E-state index contributed by atoms with van der Waals surface area (Å²) in [5, 5.41) is 14.0. The highest BCUT2D eigenvalue weighted by molar-refractivity contribution is 5.49. The van der Waals surface area contributed by atoms with Crippen LogP contribution >= 0.6 is 0 Å². The molecule has 0 saturated carbocycles. The molecule has 1 heterocycles. The van der Waals surface area contributed by atoms with Crippen LogP contribution in [0.1, 0.15) is 38.8 Å². The van der Waals surface area contributed by atoms with Gasteiger partial charge >= 0.3 is 0 Å². The first kappa shape index (κ1) is 22.4. The first-order chi connectivity index (χ1) is 10.9. The minimum absolute atomic E-state index is 0.979. The third kappa shape index (κ3) is 6.74. The molecule has 124 valence electrons. The number of hydrogen-bond acceptors (Lipinski definition) is 3. The molecule has 0 unspecified atom stereocenters. The van der Waals surface area contributed by atoms with Crippen molar-refractivity contribution in [2.24, 2.45) is 0 Å². The zero-order valence-corrected chi connectivity index (χ0v) is 14.6. The molecule has 0 aromatic heterocycles. The fourth-order valence-electron chi connectivity index (χ4n) is 1.82. The summed E-state index contributed by atoms with van der Waals surface area (Å²) in [6.07, 6.45) is 0.979. The van der Waals surface area contributed by atoms with Gasteiger partial charge in [-0.05, 0) is 23.3 Å². The van der Waals surface area contributed by atoms with Crippen LogP contribution < -0.4 is 4.74 Å². The van der Waals surface area contributed by atoms with E-state index in [4.69, 9.17) is 14.9 Å². The van der Waals surface area contributed by atoms with Gasteiger partial charge in [0.15, 0.2) is 0 Å². The molecule has 22 heavy (non-hydrogen) atoms. The lowest BCUT2D eigenvalue weighted by Gasteiger charge is -2.19. The van der Waals surface area contributed by atoms with Crippen LogP contribution in [-0.2, 0) is 6.42 Å². The summed E-state index contributed by atoms with van der Waals surface area (Å²) >= 11 is 0. The molecule has 0 amide bonds. The van der Waals surface area contributed by atoms with Crippen molar-refractivity contribution < 1.29 is 14.9 Å². The van der Waals surface area contributed by atoms with E-state index in [9.17, 15) is 0 Å². The fraction of sp³-hybridized carbons (Fsp3) is 0.368. The zero-order valence-electron chi connectivity index (χ0n) is 14.6. The van der Waals surface area contributed by atoms with Crippen LogP contribution in [0.15, 0.2) is 48.5 Å². The molecule has 2 aromatic carbocycles. The van der Waals surface area contributed by atoms with E-state index in [1.165, 1.54) is 11.1 Å². The van der Waals surface area contributed by atoms with E-state index in [1.54, 1.807) is 0 Å². The predicted octanol–water partition coefficient (Wildman–Crippen LogP) is 4.65. The molecule has 2 aromatic rings. The number of ether oxygens (including phenoxy) is 1. The fourth-order valence-corrected chi connectivity index (χ4v) is 1.82. The van der Waals surface area contributed by atoms with E-state index in [-0.39, 0.29) is 0 Å². The highest BCUT2D eigenvalue weighted by Gasteiger charge is 2.14. The standard InChI is InChI=1S/C13H10O.2C2H6.2CH4O/c1-3-7-12-10(5-1)9-11-6-2-4-8-13(11)14-12;4*1-2/h1-8H,9H2;2*1-2H3;2*2H,1H3. The van der Waals surface area contributed by atoms with Gasteiger partial charge in [0.1, 0.15) is 11.5 Å². The second-order valence-corrected chi connectivity index (χ2v) is 3.49. The van der Waals surface area contributed by atoms with Gasteiger partial charge in [0.2, 0.25) is 0 Å². The number of aliphatic hydroxyl groups excluding tert-OH is 2. The Balaban J connectivity index is 0. The molecule has 1 aliphatic heterocycles. The number of fused-ring (bicyclic) bond motifs is 2. The molecule has 0 saturated heterocycles. The predicted molar refractivity (Wildman–Crippen MR) is 94.7 cm³/mol. The van der Waals surface area contributed by atoms with E-state index in [1.807, 2.05) is 52.0 Å². The summed E-state index contributed by atoms with van der Waals surface area (Å²) in [4.78, 5) is 0. The van der Waals surface area contributed by atoms with Crippen LogP contribution in [0.5, 0.6) is 11.5 Å². The van der Waals surface area contributed by atoms with E-state index in [2.05, 4.69) is 24.3 Å². The molecule has 0 bridgehead atoms. The van der Waals surface area contributed by atoms with Crippen LogP contribution in [0.3, 0.4) is 0 Å². The van der Waals surface area contributed by atoms with E-state index < -0.39 is 0 Å². The molecular weight excluding hydrogens is 276 g/mol. The average Bonchev–Trinajstić information content (AvgIpc) is 2.66. The van der Waals surface area contributed by atoms with Crippen molar-refractivity contribution in [1.82, 2.24) is 0 Å². The second-order valence-electron chi connectivity index (χ2n) is 3.49. The molecule has 3 heteroatoms. The van der Waals surface area contributed by atoms with Gasteiger partial charge in [-0.3, -0.25) is 0 Å². The first-order valence-electron chi connectivity index (χ1n) is 7.66. The van der Waals surface area contributed by atoms with Gasteiger partial charge in [-0.1, -0.05) is 64.1 Å². The van der Waals surface area contributed by atoms with Crippen molar-refractivity contribution in [2.45, 2.75) is 34.1 Å². The third-order valence-electron chi connectivity index (χ3n) is 2.55. The number of aliphatic hydroxyl groups is 2. The minimum Gasteiger partial charge on any atom is -0.457 e. The molecule has 0 spiro atoms. The quantitative estimate of drug-likeness (QED) is 0.635. The van der Waals surface area contributed by atoms with E-state index >= 15 is 0 Å². The van der Waals surface area contributed by atoms with Crippen LogP contribution in [0.25, 0.3) is 0 Å². The lowest BCUT2D eigenvalue weighted by atomic mass is 10.0. The van der Waals surface area contributed by atoms with Gasteiger partial charge < -0.3 is 14.9 Å². The maximum absolute atomic E-state index is 7.00. The molecule has 3 nitrogen and oxygen atoms in total. The molecule has 0 fully saturated rings. The Morgan fingerprint density at radius 2 is 0.955 bits per heavy atom. The Labute approximate surface area is 135 Å². The van der Waals surface area contributed by atoms with Crippen LogP contribution in [0, 0.1) is 0 Å². The Morgan fingerprint density at radius 1 is 0.636 bits per heavy atom. The van der Waals surface area contributed by atoms with Crippen molar-refractivity contribution in [3.63, 3.8) is 0 Å². The van der Waals surface area contributed by atoms with Crippen LogP contribution in [0.4, 0.5) is 0 Å². The molecule has 0 radical (unpaired) electrons. The van der Waals surface area contributed by atoms with Crippen molar-refractivity contribution in [2.75, 3.05) is 14.2 Å². The molecule has 0 atom stereocenters. The largest absolute Gasteiger partial charge is 0.457 e. The maximum Gasteiger partial charge on any atom is 0.130 e. The molecular formula is C19H30O3. The van der Waals surface area contributed by atoms with Crippen molar-refractivity contribution in [3.8, 4) is 11.5 Å². The highest BCUT2D eigenvalue weighted by Crippen LogP contribution is 2.35. The third-order valence-corrected chi connectivity index (χ3v) is 2.55. The smallest absolute Gasteiger partial charge is 0.130 e. The number of benzene rings is 2. The zero-order chi connectivity index (χ0) is 17.4. The summed E-state index contributed by atoms with van der Waals surface area (Å²) in [7, 11) is 2.00. The summed E-state index contributed by atoms with van der Waals surface area (Å²) in [5.74, 6) is 1.98. The Hall–Kier alpha value is -1.84. The van der Waals surface area contributed by atoms with Gasteiger partial charge in [0.25, 0.3) is 0 Å². The Bertz CT molecular complexity index is 394. The SMILES string of the molecule is CC.CC.CO.CO.c1ccc2c(c1)Cc1ccccc1O2. The van der Waals surface area contributed by atoms with Gasteiger partial charge in [-0.2, -0.15) is 0 Å². The monoisotopic (exact) mass is 306 g/mol. The highest BCUT2D eigenvalue weighted by atomic mass is 16.5. The van der Waals surface area contributed by atoms with Gasteiger partial charge in [-0.25, -0.2) is 0 Å². The average molecular weight is 306 g/mol. The maximum atomic E-state index is 7.00. The van der Waals surface area contributed by atoms with Crippen molar-refractivity contribution in [3.05, 3.63) is 59.7 Å². The second kappa shape index (κ2) is 15.5. The van der Waals surface area contributed by atoms with Crippen LogP contribution in [-0.4, -0.2) is 24.4 Å². The van der Waals surface area contributed by atoms with Gasteiger partial charge in [0, 0.05) is 20.6 Å². The van der Waals surface area contributed by atoms with E-state index in [0.717, 1.165) is 32.1 Å². The molecule has 0 aliphatic carbocycles. The summed E-state index contributed by atoms with van der Waals surface area (Å²) in [6, 6.07) is 16.4. The first-order valence-corrected chi connectivity index (χ1v) is 7.66. The summed E-state index contributed by atoms with van der Waals surface area (Å²) in [6.45, 7) is 8.00. The minimum atomic E-state index is 0.979. The Morgan fingerprint density at radius 3 is 1.32 bits per heavy atom. The molecule has 3 rings (SSSR count). The number of rotatable bonds is 0. The summed E-state index contributed by atoms with van der Waals surface area (Å²) in [5.41, 5.74) is 2.54. The van der Waals surface area contributed by atoms with Gasteiger partial charge in [0.05, 0.1) is 0 Å². The topological polar surface area (TPSA) is 49.7 Å². The number of para-hydroxylation sites is 2. The normalized spacial score (nSPS) is 9.09. The molecule has 2 N–H and O–H groups in total. The van der Waals surface area contributed by atoms with Crippen LogP contribution in [0.2, 0.25) is 0 Å². The Kier molecular flexibility index (Phi) is 15.9. The number of hydrogen-bond donors (Lipinski definition) is 2. The lowest BCUT2D eigenvalue weighted by Crippen LogP contribution is -2.01. The van der Waals surface area contributed by atoms with Gasteiger partial charge in [-0.15, -0.1) is 0 Å². The van der Waals surface area contributed by atoms with Crippen molar-refractivity contribution in [1.29, 1.82) is 0 Å². The molecule has 1 aliphatic rings. The lowest BCUT2D eigenvalue weighted by molar-refractivity contribution is 0.399. The van der Waals surface area contributed by atoms with Crippen molar-refractivity contribution >= 4 is 0 Å².